The number of carbonyl (C=O) groups excluding carboxylic acids is 3. The van der Waals surface area contributed by atoms with Crippen LogP contribution in [-0.4, -0.2) is 72.0 Å². The second-order valence-corrected chi connectivity index (χ2v) is 9.80. The zero-order valence-corrected chi connectivity index (χ0v) is 22.7. The highest BCUT2D eigenvalue weighted by atomic mass is 16.4. The van der Waals surface area contributed by atoms with Gasteiger partial charge in [0.25, 0.3) is 0 Å². The molecule has 12 N–H and O–H groups in total. The molecule has 0 fully saturated rings. The molecule has 0 rings (SSSR count). The Bertz CT molecular complexity index is 757. The Morgan fingerprint density at radius 3 is 1.89 bits per heavy atom. The molecule has 0 saturated carbocycles. The van der Waals surface area contributed by atoms with Gasteiger partial charge in [0.15, 0.2) is 5.96 Å². The third kappa shape index (κ3) is 14.4. The molecule has 0 aromatic rings. The van der Waals surface area contributed by atoms with Gasteiger partial charge in [-0.2, -0.15) is 0 Å². The number of nitrogens with one attached hydrogen (secondary N) is 3. The number of aliphatic imine (C=N–C) groups is 1. The summed E-state index contributed by atoms with van der Waals surface area (Å²) < 4.78 is 0. The van der Waals surface area contributed by atoms with Crippen molar-refractivity contribution in [3.63, 3.8) is 0 Å². The van der Waals surface area contributed by atoms with Crippen LogP contribution in [0.1, 0.15) is 72.6 Å². The fraction of sp³-hybridized carbons (Fsp3) is 0.792. The molecule has 3 amide bonds. The van der Waals surface area contributed by atoms with Crippen molar-refractivity contribution >= 4 is 29.7 Å². The van der Waals surface area contributed by atoms with Gasteiger partial charge in [0.05, 0.1) is 6.04 Å². The van der Waals surface area contributed by atoms with E-state index in [-0.39, 0.29) is 37.2 Å². The molecule has 0 radical (unpaired) electrons. The minimum Gasteiger partial charge on any atom is -0.480 e. The van der Waals surface area contributed by atoms with E-state index in [1.807, 2.05) is 20.8 Å². The Labute approximate surface area is 219 Å². The monoisotopic (exact) mass is 528 g/mol. The third-order valence-electron chi connectivity index (χ3n) is 6.00. The summed E-state index contributed by atoms with van der Waals surface area (Å²) in [6.45, 7) is 8.07. The van der Waals surface area contributed by atoms with E-state index >= 15 is 0 Å². The number of hydrogen-bond acceptors (Lipinski definition) is 7. The number of guanidine groups is 1. The molecule has 0 aromatic heterocycles. The average Bonchev–Trinajstić information content (AvgIpc) is 2.82. The SMILES string of the molecule is CCC(C)C(NC(=O)C(CCCCN)NC(=O)C(CCCN=C(N)N)NC(=O)C(N)CC(C)C)C(=O)O. The van der Waals surface area contributed by atoms with E-state index in [2.05, 4.69) is 20.9 Å². The summed E-state index contributed by atoms with van der Waals surface area (Å²) >= 11 is 0. The normalized spacial score (nSPS) is 15.1. The van der Waals surface area contributed by atoms with Crippen LogP contribution in [0.2, 0.25) is 0 Å². The summed E-state index contributed by atoms with van der Waals surface area (Å²) in [6, 6.07) is -3.90. The largest absolute Gasteiger partial charge is 0.480 e. The molecule has 37 heavy (non-hydrogen) atoms. The van der Waals surface area contributed by atoms with Crippen LogP contribution in [0.25, 0.3) is 0 Å². The fourth-order valence-corrected chi connectivity index (χ4v) is 3.64. The van der Waals surface area contributed by atoms with Gasteiger partial charge in [-0.25, -0.2) is 4.79 Å². The Morgan fingerprint density at radius 2 is 1.41 bits per heavy atom. The second-order valence-electron chi connectivity index (χ2n) is 9.80. The predicted molar refractivity (Wildman–Crippen MR) is 143 cm³/mol. The maximum atomic E-state index is 13.2. The second kappa shape index (κ2) is 18.3. The summed E-state index contributed by atoms with van der Waals surface area (Å²) in [7, 11) is 0. The van der Waals surface area contributed by atoms with Crippen LogP contribution in [0.3, 0.4) is 0 Å². The quantitative estimate of drug-likeness (QED) is 0.0589. The summed E-state index contributed by atoms with van der Waals surface area (Å²) in [5.41, 5.74) is 22.3. The van der Waals surface area contributed by atoms with Crippen LogP contribution < -0.4 is 38.9 Å². The highest BCUT2D eigenvalue weighted by Crippen LogP contribution is 2.11. The molecule has 5 atom stereocenters. The summed E-state index contributed by atoms with van der Waals surface area (Å²) in [5, 5.41) is 17.5. The first-order valence-corrected chi connectivity index (χ1v) is 13.0. The van der Waals surface area contributed by atoms with Gasteiger partial charge in [-0.15, -0.1) is 0 Å². The number of amides is 3. The molecule has 0 aliphatic carbocycles. The molecule has 0 saturated heterocycles. The lowest BCUT2D eigenvalue weighted by atomic mass is 9.98. The number of hydrogen-bond donors (Lipinski definition) is 8. The van der Waals surface area contributed by atoms with Gasteiger partial charge in [-0.1, -0.05) is 34.1 Å². The first kappa shape index (κ1) is 34.1. The number of rotatable bonds is 19. The maximum absolute atomic E-state index is 13.2. The zero-order valence-electron chi connectivity index (χ0n) is 22.7. The summed E-state index contributed by atoms with van der Waals surface area (Å²) in [5.74, 6) is -3.06. The van der Waals surface area contributed by atoms with Crippen LogP contribution in [0, 0.1) is 11.8 Å². The maximum Gasteiger partial charge on any atom is 0.326 e. The lowest BCUT2D eigenvalue weighted by Crippen LogP contribution is -2.57. The van der Waals surface area contributed by atoms with Crippen LogP contribution in [0.4, 0.5) is 0 Å². The number of carboxylic acids is 1. The molecule has 13 nitrogen and oxygen atoms in total. The van der Waals surface area contributed by atoms with Crippen molar-refractivity contribution in [1.29, 1.82) is 0 Å². The van der Waals surface area contributed by atoms with Crippen molar-refractivity contribution in [2.24, 2.45) is 39.8 Å². The fourth-order valence-electron chi connectivity index (χ4n) is 3.64. The van der Waals surface area contributed by atoms with Crippen molar-refractivity contribution in [3.05, 3.63) is 0 Å². The Hall–Kier alpha value is -2.93. The highest BCUT2D eigenvalue weighted by molar-refractivity contribution is 5.94. The topological polar surface area (TPSA) is 241 Å². The number of unbranched alkanes of at least 4 members (excludes halogenated alkanes) is 1. The van der Waals surface area contributed by atoms with E-state index in [0.717, 1.165) is 0 Å². The van der Waals surface area contributed by atoms with Crippen molar-refractivity contribution < 1.29 is 24.3 Å². The number of carbonyl (C=O) groups is 4. The van der Waals surface area contributed by atoms with E-state index in [4.69, 9.17) is 22.9 Å². The van der Waals surface area contributed by atoms with Gasteiger partial charge < -0.3 is 44.0 Å². The molecule has 5 unspecified atom stereocenters. The smallest absolute Gasteiger partial charge is 0.326 e. The van der Waals surface area contributed by atoms with Crippen molar-refractivity contribution in [1.82, 2.24) is 16.0 Å². The van der Waals surface area contributed by atoms with Gasteiger partial charge in [-0.05, 0) is 56.9 Å². The van der Waals surface area contributed by atoms with Gasteiger partial charge >= 0.3 is 5.97 Å². The van der Waals surface area contributed by atoms with Crippen molar-refractivity contribution in [3.8, 4) is 0 Å². The van der Waals surface area contributed by atoms with E-state index in [1.165, 1.54) is 0 Å². The molecule has 0 aromatic carbocycles. The van der Waals surface area contributed by atoms with E-state index in [1.54, 1.807) is 6.92 Å². The molecular weight excluding hydrogens is 480 g/mol. The van der Waals surface area contributed by atoms with Crippen molar-refractivity contribution in [2.75, 3.05) is 13.1 Å². The van der Waals surface area contributed by atoms with Gasteiger partial charge in [0.2, 0.25) is 17.7 Å². The molecular formula is C24H48N8O5. The molecule has 214 valence electrons. The molecule has 0 bridgehead atoms. The van der Waals surface area contributed by atoms with Gasteiger partial charge in [0.1, 0.15) is 18.1 Å². The number of nitrogens with zero attached hydrogens (tertiary/aromatic N) is 1. The number of aliphatic carboxylic acids is 1. The van der Waals surface area contributed by atoms with Gasteiger partial charge in [0, 0.05) is 6.54 Å². The summed E-state index contributed by atoms with van der Waals surface area (Å²) in [6.07, 6.45) is 2.97. The molecule has 0 heterocycles. The third-order valence-corrected chi connectivity index (χ3v) is 6.00. The van der Waals surface area contributed by atoms with Crippen LogP contribution in [0.5, 0.6) is 0 Å². The average molecular weight is 529 g/mol. The highest BCUT2D eigenvalue weighted by Gasteiger charge is 2.31. The molecule has 0 aliphatic heterocycles. The summed E-state index contributed by atoms with van der Waals surface area (Å²) in [4.78, 5) is 54.5. The lowest BCUT2D eigenvalue weighted by Gasteiger charge is -2.26. The molecule has 13 heteroatoms. The molecule has 0 spiro atoms. The standard InChI is InChI=1S/C24H48N8O5/c1-5-15(4)19(23(36)37)32-22(35)17(9-6-7-11-25)31-21(34)18(10-8-12-29-24(27)28)30-20(33)16(26)13-14(2)3/h14-19H,5-13,25-26H2,1-4H3,(H,30,33)(H,31,34)(H,32,35)(H,36,37)(H4,27,28,29). The van der Waals surface area contributed by atoms with E-state index in [0.29, 0.717) is 38.6 Å². The first-order chi connectivity index (χ1) is 17.3. The Balaban J connectivity index is 5.67. The van der Waals surface area contributed by atoms with Gasteiger partial charge in [-0.3, -0.25) is 19.4 Å². The van der Waals surface area contributed by atoms with Crippen molar-refractivity contribution in [2.45, 2.75) is 96.8 Å². The minimum absolute atomic E-state index is 0.0880. The first-order valence-electron chi connectivity index (χ1n) is 13.0. The Morgan fingerprint density at radius 1 is 0.865 bits per heavy atom. The Kier molecular flexibility index (Phi) is 16.9. The van der Waals surface area contributed by atoms with E-state index in [9.17, 15) is 24.3 Å². The number of carboxylic acid groups (broad SMARTS) is 1. The van der Waals surface area contributed by atoms with Crippen LogP contribution >= 0.6 is 0 Å². The lowest BCUT2D eigenvalue weighted by molar-refractivity contribution is -0.144. The van der Waals surface area contributed by atoms with Crippen LogP contribution in [0.15, 0.2) is 4.99 Å². The zero-order chi connectivity index (χ0) is 28.5. The van der Waals surface area contributed by atoms with Crippen LogP contribution in [-0.2, 0) is 19.2 Å². The number of nitrogens with two attached hydrogens (primary N) is 4. The predicted octanol–water partition coefficient (Wildman–Crippen LogP) is -0.872. The minimum atomic E-state index is -1.15. The van der Waals surface area contributed by atoms with E-state index < -0.39 is 47.9 Å². The molecule has 0 aliphatic rings.